The minimum absolute atomic E-state index is 0.412. The van der Waals surface area contributed by atoms with Gasteiger partial charge < -0.3 is 0 Å². The van der Waals surface area contributed by atoms with Gasteiger partial charge in [0.1, 0.15) is 0 Å². The second-order valence-corrected chi connectivity index (χ2v) is 1.65. The maximum Gasteiger partial charge on any atom is 0.153 e. The normalized spacial score (nSPS) is 7.50. The van der Waals surface area contributed by atoms with Gasteiger partial charge in [-0.3, -0.25) is 0 Å². The fourth-order valence-corrected chi connectivity index (χ4v) is 0.271. The number of rotatable bonds is 2. The molecule has 0 aliphatic heterocycles. The van der Waals surface area contributed by atoms with E-state index in [1.54, 1.807) is 0 Å². The van der Waals surface area contributed by atoms with Crippen LogP contribution in [0.25, 0.3) is 0 Å². The maximum atomic E-state index is 11.4. The second kappa shape index (κ2) is 2.97. The molecule has 0 heterocycles. The number of halogens is 1. The molecule has 2 heteroatoms. The molecule has 0 bridgehead atoms. The number of thioether (sulfide) groups is 1. The van der Waals surface area contributed by atoms with Gasteiger partial charge in [0, 0.05) is 0 Å². The van der Waals surface area contributed by atoms with E-state index in [1.807, 2.05) is 0 Å². The first-order chi connectivity index (χ1) is 2.77. The Morgan fingerprint density at radius 3 is 2.33 bits per heavy atom. The topological polar surface area (TPSA) is 0 Å². The molecule has 6 heavy (non-hydrogen) atoms. The minimum atomic E-state index is -0.412. The van der Waals surface area contributed by atoms with Crippen molar-refractivity contribution in [3.63, 3.8) is 0 Å². The number of hydrogen-bond donors (Lipinski definition) is 0. The Kier molecular flexibility index (Phi) is 2.85. The highest BCUT2D eigenvalue weighted by Gasteiger charge is 1.78. The molecular formula is C4H5FS. The maximum absolute atomic E-state index is 11.4. The summed E-state index contributed by atoms with van der Waals surface area (Å²) in [5, 5.41) is 0.979. The van der Waals surface area contributed by atoms with Gasteiger partial charge in [-0.15, -0.1) is 0 Å². The van der Waals surface area contributed by atoms with Gasteiger partial charge in [-0.25, -0.2) is 0 Å². The van der Waals surface area contributed by atoms with Gasteiger partial charge in [0.15, 0.2) is 5.16 Å². The summed E-state index contributed by atoms with van der Waals surface area (Å²) in [5.41, 5.74) is 0. The Bertz CT molecular complexity index is 67.9. The van der Waals surface area contributed by atoms with E-state index in [-0.39, 0.29) is 0 Å². The molecule has 0 aromatic carbocycles. The van der Waals surface area contributed by atoms with Crippen molar-refractivity contribution < 1.29 is 4.39 Å². The summed E-state index contributed by atoms with van der Waals surface area (Å²) in [7, 11) is 0. The van der Waals surface area contributed by atoms with Gasteiger partial charge in [0.25, 0.3) is 0 Å². The molecule has 0 fully saturated rings. The largest absolute Gasteiger partial charge is 0.200 e. The zero-order valence-electron chi connectivity index (χ0n) is 3.28. The van der Waals surface area contributed by atoms with Crippen molar-refractivity contribution in [2.75, 3.05) is 0 Å². The lowest BCUT2D eigenvalue weighted by molar-refractivity contribution is 0.705. The van der Waals surface area contributed by atoms with Crippen LogP contribution in [0.3, 0.4) is 0 Å². The van der Waals surface area contributed by atoms with Gasteiger partial charge in [-0.2, -0.15) is 4.39 Å². The van der Waals surface area contributed by atoms with Crippen molar-refractivity contribution >= 4 is 11.8 Å². The van der Waals surface area contributed by atoms with Crippen molar-refractivity contribution in [1.29, 1.82) is 0 Å². The van der Waals surface area contributed by atoms with E-state index in [2.05, 4.69) is 13.2 Å². The van der Waals surface area contributed by atoms with Crippen LogP contribution in [0.1, 0.15) is 0 Å². The van der Waals surface area contributed by atoms with Crippen LogP contribution in [-0.2, 0) is 0 Å². The van der Waals surface area contributed by atoms with Crippen LogP contribution in [0.15, 0.2) is 23.7 Å². The third kappa shape index (κ3) is 3.76. The highest BCUT2D eigenvalue weighted by molar-refractivity contribution is 8.05. The Labute approximate surface area is 40.7 Å². The molecule has 0 unspecified atom stereocenters. The zero-order valence-corrected chi connectivity index (χ0v) is 4.09. The molecule has 0 aliphatic carbocycles. The molecule has 0 atom stereocenters. The zero-order chi connectivity index (χ0) is 4.99. The van der Waals surface area contributed by atoms with Crippen LogP contribution in [0.2, 0.25) is 0 Å². The molecule has 0 nitrogen and oxygen atoms in total. The highest BCUT2D eigenvalue weighted by atomic mass is 32.2. The van der Waals surface area contributed by atoms with Gasteiger partial charge in [-0.05, 0) is 5.41 Å². The predicted octanol–water partition coefficient (Wildman–Crippen LogP) is 2.30. The first-order valence-electron chi connectivity index (χ1n) is 1.39. The van der Waals surface area contributed by atoms with Crippen molar-refractivity contribution in [2.45, 2.75) is 0 Å². The van der Waals surface area contributed by atoms with Crippen molar-refractivity contribution in [3.8, 4) is 0 Å². The molecule has 0 saturated carbocycles. The quantitative estimate of drug-likeness (QED) is 0.518. The summed E-state index contributed by atoms with van der Waals surface area (Å²) >= 11 is 0.889. The molecule has 0 aromatic rings. The third-order valence-corrected chi connectivity index (χ3v) is 0.634. The van der Waals surface area contributed by atoms with Gasteiger partial charge in [0.2, 0.25) is 0 Å². The molecule has 0 radical (unpaired) electrons. The lowest BCUT2D eigenvalue weighted by Crippen LogP contribution is -1.45. The molecule has 0 spiro atoms. The standard InChI is InChI=1S/C4H5FS/c1-3-6-4(2)5/h3H,1-2H2. The molecule has 0 amide bonds. The summed E-state index contributed by atoms with van der Waals surface area (Å²) in [4.78, 5) is 0. The molecule has 0 aliphatic rings. The smallest absolute Gasteiger partial charge is 0.153 e. The SMILES string of the molecule is C=CSC(=C)F. The average Bonchev–Trinajstić information content (AvgIpc) is 1.35. The summed E-state index contributed by atoms with van der Waals surface area (Å²) in [5.74, 6) is 0. The van der Waals surface area contributed by atoms with Gasteiger partial charge >= 0.3 is 0 Å². The highest BCUT2D eigenvalue weighted by Crippen LogP contribution is 2.12. The van der Waals surface area contributed by atoms with Gasteiger partial charge in [-0.1, -0.05) is 24.9 Å². The Morgan fingerprint density at radius 2 is 2.33 bits per heavy atom. The van der Waals surface area contributed by atoms with E-state index < -0.39 is 5.16 Å². The molecule has 34 valence electrons. The third-order valence-electron chi connectivity index (χ3n) is 0.211. The lowest BCUT2D eigenvalue weighted by Gasteiger charge is -1.77. The van der Waals surface area contributed by atoms with E-state index >= 15 is 0 Å². The Balaban J connectivity index is 3.05. The monoisotopic (exact) mass is 104 g/mol. The summed E-state index contributed by atoms with van der Waals surface area (Å²) in [6.45, 7) is 6.23. The first-order valence-corrected chi connectivity index (χ1v) is 2.27. The predicted molar refractivity (Wildman–Crippen MR) is 28.0 cm³/mol. The van der Waals surface area contributed by atoms with Crippen LogP contribution in [0.5, 0.6) is 0 Å². The fraction of sp³-hybridized carbons (Fsp3) is 0. The molecular weight excluding hydrogens is 99.1 g/mol. The first kappa shape index (κ1) is 5.76. The Morgan fingerprint density at radius 1 is 1.83 bits per heavy atom. The van der Waals surface area contributed by atoms with Crippen molar-refractivity contribution in [1.82, 2.24) is 0 Å². The molecule has 0 N–H and O–H groups in total. The summed E-state index contributed by atoms with van der Waals surface area (Å²) < 4.78 is 11.4. The van der Waals surface area contributed by atoms with E-state index in [0.717, 1.165) is 11.8 Å². The van der Waals surface area contributed by atoms with Crippen LogP contribution < -0.4 is 0 Å². The fourth-order valence-electron chi connectivity index (χ4n) is 0.0904. The van der Waals surface area contributed by atoms with Crippen LogP contribution in [0, 0.1) is 0 Å². The average molecular weight is 104 g/mol. The molecule has 0 saturated heterocycles. The van der Waals surface area contributed by atoms with E-state index in [0.29, 0.717) is 0 Å². The Hall–Kier alpha value is -0.240. The van der Waals surface area contributed by atoms with Crippen LogP contribution >= 0.6 is 11.8 Å². The van der Waals surface area contributed by atoms with Crippen LogP contribution in [-0.4, -0.2) is 0 Å². The van der Waals surface area contributed by atoms with E-state index in [9.17, 15) is 4.39 Å². The molecule has 0 rings (SSSR count). The second-order valence-electron chi connectivity index (χ2n) is 0.640. The van der Waals surface area contributed by atoms with Crippen molar-refractivity contribution in [3.05, 3.63) is 23.7 Å². The lowest BCUT2D eigenvalue weighted by atomic mass is 11.2. The molecule has 0 aromatic heterocycles. The van der Waals surface area contributed by atoms with Crippen LogP contribution in [0.4, 0.5) is 4.39 Å². The summed E-state index contributed by atoms with van der Waals surface area (Å²) in [6.07, 6.45) is 0. The van der Waals surface area contributed by atoms with Crippen molar-refractivity contribution in [2.24, 2.45) is 0 Å². The van der Waals surface area contributed by atoms with Gasteiger partial charge in [0.05, 0.1) is 0 Å². The van der Waals surface area contributed by atoms with E-state index in [4.69, 9.17) is 0 Å². The minimum Gasteiger partial charge on any atom is -0.200 e. The van der Waals surface area contributed by atoms with E-state index in [1.165, 1.54) is 5.41 Å². The number of hydrogen-bond acceptors (Lipinski definition) is 1. The summed E-state index contributed by atoms with van der Waals surface area (Å²) in [6, 6.07) is 0.